The molecule has 0 radical (unpaired) electrons. The van der Waals surface area contributed by atoms with Crippen molar-refractivity contribution in [3.63, 3.8) is 0 Å². The third kappa shape index (κ3) is 1.34. The van der Waals surface area contributed by atoms with Gasteiger partial charge in [0.25, 0.3) is 0 Å². The van der Waals surface area contributed by atoms with Crippen molar-refractivity contribution in [1.29, 1.82) is 0 Å². The molecule has 12 heavy (non-hydrogen) atoms. The second-order valence-electron chi connectivity index (χ2n) is 3.05. The van der Waals surface area contributed by atoms with Crippen LogP contribution in [0, 0.1) is 0 Å². The largest absolute Gasteiger partial charge is 0.381 e. The van der Waals surface area contributed by atoms with Crippen LogP contribution in [0.3, 0.4) is 0 Å². The summed E-state index contributed by atoms with van der Waals surface area (Å²) in [6.07, 6.45) is 1.97. The van der Waals surface area contributed by atoms with Crippen LogP contribution in [0.5, 0.6) is 0 Å². The Morgan fingerprint density at radius 2 is 2.58 bits per heavy atom. The van der Waals surface area contributed by atoms with E-state index in [0.717, 1.165) is 37.7 Å². The molecule has 4 heteroatoms. The van der Waals surface area contributed by atoms with Crippen LogP contribution in [-0.2, 0) is 11.2 Å². The number of hydrogen-bond acceptors (Lipinski definition) is 3. The molecule has 1 aliphatic rings. The zero-order chi connectivity index (χ0) is 8.39. The van der Waals surface area contributed by atoms with Gasteiger partial charge >= 0.3 is 0 Å². The molecular formula is C8H13N3O. The Balaban J connectivity index is 2.11. The molecule has 1 aromatic rings. The van der Waals surface area contributed by atoms with Crippen LogP contribution < -0.4 is 0 Å². The number of H-pyrrole nitrogens is 1. The van der Waals surface area contributed by atoms with E-state index in [0.29, 0.717) is 5.92 Å². The SMILES string of the molecule is CCc1nc(C2CCOC2)n[nH]1. The van der Waals surface area contributed by atoms with E-state index in [9.17, 15) is 0 Å². The number of hydrogen-bond donors (Lipinski definition) is 1. The van der Waals surface area contributed by atoms with Gasteiger partial charge in [0, 0.05) is 18.9 Å². The predicted octanol–water partition coefficient (Wildman–Crippen LogP) is 0.871. The number of nitrogens with one attached hydrogen (secondary N) is 1. The summed E-state index contributed by atoms with van der Waals surface area (Å²) in [5.41, 5.74) is 0. The van der Waals surface area contributed by atoms with E-state index in [2.05, 4.69) is 22.1 Å². The summed E-state index contributed by atoms with van der Waals surface area (Å²) in [7, 11) is 0. The van der Waals surface area contributed by atoms with Crippen molar-refractivity contribution < 1.29 is 4.74 Å². The molecule has 0 aromatic carbocycles. The van der Waals surface area contributed by atoms with Gasteiger partial charge in [0.15, 0.2) is 5.82 Å². The van der Waals surface area contributed by atoms with Crippen LogP contribution in [0.4, 0.5) is 0 Å². The molecule has 1 fully saturated rings. The quantitative estimate of drug-likeness (QED) is 0.711. The molecule has 1 saturated heterocycles. The van der Waals surface area contributed by atoms with Crippen LogP contribution in [0.15, 0.2) is 0 Å². The molecule has 0 aliphatic carbocycles. The fraction of sp³-hybridized carbons (Fsp3) is 0.750. The van der Waals surface area contributed by atoms with Gasteiger partial charge in [-0.2, -0.15) is 5.10 Å². The van der Waals surface area contributed by atoms with Gasteiger partial charge in [-0.1, -0.05) is 6.92 Å². The Morgan fingerprint density at radius 1 is 1.67 bits per heavy atom. The first-order chi connectivity index (χ1) is 5.90. The van der Waals surface area contributed by atoms with E-state index in [1.807, 2.05) is 0 Å². The molecule has 1 unspecified atom stereocenters. The number of aromatic amines is 1. The van der Waals surface area contributed by atoms with Crippen LogP contribution in [0.2, 0.25) is 0 Å². The second kappa shape index (κ2) is 3.23. The van der Waals surface area contributed by atoms with Gasteiger partial charge in [-0.15, -0.1) is 0 Å². The maximum Gasteiger partial charge on any atom is 0.156 e. The Kier molecular flexibility index (Phi) is 2.08. The summed E-state index contributed by atoms with van der Waals surface area (Å²) in [4.78, 5) is 4.36. The summed E-state index contributed by atoms with van der Waals surface area (Å²) in [5.74, 6) is 2.31. The Morgan fingerprint density at radius 3 is 3.17 bits per heavy atom. The lowest BCUT2D eigenvalue weighted by atomic mass is 10.1. The second-order valence-corrected chi connectivity index (χ2v) is 3.05. The monoisotopic (exact) mass is 167 g/mol. The third-order valence-electron chi connectivity index (χ3n) is 2.18. The molecule has 1 aromatic heterocycles. The first-order valence-electron chi connectivity index (χ1n) is 4.39. The van der Waals surface area contributed by atoms with Crippen molar-refractivity contribution in [2.45, 2.75) is 25.7 Å². The lowest BCUT2D eigenvalue weighted by Gasteiger charge is -1.98. The van der Waals surface area contributed by atoms with E-state index in [4.69, 9.17) is 4.74 Å². The highest BCUT2D eigenvalue weighted by Crippen LogP contribution is 2.21. The minimum Gasteiger partial charge on any atom is -0.381 e. The smallest absolute Gasteiger partial charge is 0.156 e. The number of ether oxygens (including phenoxy) is 1. The molecule has 2 rings (SSSR count). The van der Waals surface area contributed by atoms with Crippen LogP contribution in [0.1, 0.15) is 30.9 Å². The minimum absolute atomic E-state index is 0.418. The van der Waals surface area contributed by atoms with Crippen LogP contribution in [-0.4, -0.2) is 28.4 Å². The molecule has 66 valence electrons. The molecule has 0 amide bonds. The summed E-state index contributed by atoms with van der Waals surface area (Å²) >= 11 is 0. The number of aromatic nitrogens is 3. The standard InChI is InChI=1S/C8H13N3O/c1-2-7-9-8(11-10-7)6-3-4-12-5-6/h6H,2-5H2,1H3,(H,9,10,11). The molecule has 1 aliphatic heterocycles. The molecule has 4 nitrogen and oxygen atoms in total. The number of rotatable bonds is 2. The zero-order valence-corrected chi connectivity index (χ0v) is 7.21. The van der Waals surface area contributed by atoms with Gasteiger partial charge in [0.05, 0.1) is 6.61 Å². The zero-order valence-electron chi connectivity index (χ0n) is 7.21. The first-order valence-corrected chi connectivity index (χ1v) is 4.39. The molecule has 1 N–H and O–H groups in total. The molecule has 1 atom stereocenters. The minimum atomic E-state index is 0.418. The van der Waals surface area contributed by atoms with Gasteiger partial charge in [0.1, 0.15) is 5.82 Å². The first kappa shape index (κ1) is 7.73. The summed E-state index contributed by atoms with van der Waals surface area (Å²) in [6, 6.07) is 0. The lowest BCUT2D eigenvalue weighted by Crippen LogP contribution is -1.99. The predicted molar refractivity (Wildman–Crippen MR) is 43.9 cm³/mol. The van der Waals surface area contributed by atoms with E-state index in [1.54, 1.807) is 0 Å². The highest BCUT2D eigenvalue weighted by Gasteiger charge is 2.21. The Bertz CT molecular complexity index is 253. The van der Waals surface area contributed by atoms with Crippen molar-refractivity contribution in [3.05, 3.63) is 11.6 Å². The van der Waals surface area contributed by atoms with Gasteiger partial charge in [-0.3, -0.25) is 5.10 Å². The normalized spacial score (nSPS) is 23.2. The number of nitrogens with zero attached hydrogens (tertiary/aromatic N) is 2. The Hall–Kier alpha value is -0.900. The third-order valence-corrected chi connectivity index (χ3v) is 2.18. The summed E-state index contributed by atoms with van der Waals surface area (Å²) in [5, 5.41) is 7.07. The van der Waals surface area contributed by atoms with Crippen molar-refractivity contribution >= 4 is 0 Å². The summed E-state index contributed by atoms with van der Waals surface area (Å²) < 4.78 is 5.26. The van der Waals surface area contributed by atoms with E-state index in [-0.39, 0.29) is 0 Å². The van der Waals surface area contributed by atoms with Crippen molar-refractivity contribution in [2.75, 3.05) is 13.2 Å². The maximum absolute atomic E-state index is 5.26. The fourth-order valence-electron chi connectivity index (χ4n) is 1.39. The summed E-state index contributed by atoms with van der Waals surface area (Å²) in [6.45, 7) is 3.69. The number of aryl methyl sites for hydroxylation is 1. The molecule has 2 heterocycles. The molecular weight excluding hydrogens is 154 g/mol. The van der Waals surface area contributed by atoms with Gasteiger partial charge in [-0.05, 0) is 6.42 Å². The van der Waals surface area contributed by atoms with Crippen LogP contribution in [0.25, 0.3) is 0 Å². The van der Waals surface area contributed by atoms with Crippen molar-refractivity contribution in [1.82, 2.24) is 15.2 Å². The highest BCUT2D eigenvalue weighted by molar-refractivity contribution is 4.99. The van der Waals surface area contributed by atoms with Gasteiger partial charge in [-0.25, -0.2) is 4.98 Å². The van der Waals surface area contributed by atoms with Gasteiger partial charge < -0.3 is 4.74 Å². The van der Waals surface area contributed by atoms with Crippen molar-refractivity contribution in [3.8, 4) is 0 Å². The maximum atomic E-state index is 5.26. The Labute approximate surface area is 71.3 Å². The topological polar surface area (TPSA) is 50.8 Å². The van der Waals surface area contributed by atoms with Crippen molar-refractivity contribution in [2.24, 2.45) is 0 Å². The van der Waals surface area contributed by atoms with Crippen LogP contribution >= 0.6 is 0 Å². The highest BCUT2D eigenvalue weighted by atomic mass is 16.5. The fourth-order valence-corrected chi connectivity index (χ4v) is 1.39. The molecule has 0 saturated carbocycles. The van der Waals surface area contributed by atoms with E-state index < -0.39 is 0 Å². The van der Waals surface area contributed by atoms with E-state index in [1.165, 1.54) is 0 Å². The average Bonchev–Trinajstić information content (AvgIpc) is 2.75. The lowest BCUT2D eigenvalue weighted by molar-refractivity contribution is 0.193. The van der Waals surface area contributed by atoms with E-state index >= 15 is 0 Å². The average molecular weight is 167 g/mol. The molecule has 0 bridgehead atoms. The molecule has 0 spiro atoms. The van der Waals surface area contributed by atoms with Gasteiger partial charge in [0.2, 0.25) is 0 Å².